The second kappa shape index (κ2) is 8.69. The zero-order valence-corrected chi connectivity index (χ0v) is 16.7. The third-order valence-electron chi connectivity index (χ3n) is 4.43. The molecule has 1 N–H and O–H groups in total. The molecule has 1 amide bonds. The van der Waals surface area contributed by atoms with Crippen LogP contribution in [0.4, 0.5) is 0 Å². The lowest BCUT2D eigenvalue weighted by Crippen LogP contribution is -2.37. The van der Waals surface area contributed by atoms with Gasteiger partial charge in [0.25, 0.3) is 5.91 Å². The molecule has 28 heavy (non-hydrogen) atoms. The lowest BCUT2D eigenvalue weighted by molar-refractivity contribution is -0.128. The third-order valence-corrected chi connectivity index (χ3v) is 4.43. The Kier molecular flexibility index (Phi) is 6.09. The van der Waals surface area contributed by atoms with Crippen molar-refractivity contribution in [3.63, 3.8) is 0 Å². The first-order valence-corrected chi connectivity index (χ1v) is 9.37. The third kappa shape index (κ3) is 4.76. The van der Waals surface area contributed by atoms with E-state index in [-0.39, 0.29) is 12.5 Å². The standard InChI is InChI=1S/C22H25N3O3/c1-5-18(27-19-12-15(3)9-10-16(19)4)22(26)23-13-20-24-21(25-28-20)17-8-6-7-14(2)11-17/h6-12,18H,5,13H2,1-4H3,(H,23,26)/t18-/m1/s1. The maximum Gasteiger partial charge on any atom is 0.261 e. The Hall–Kier alpha value is -3.15. The summed E-state index contributed by atoms with van der Waals surface area (Å²) in [6, 6.07) is 13.8. The molecule has 1 heterocycles. The van der Waals surface area contributed by atoms with E-state index in [4.69, 9.17) is 9.26 Å². The number of nitrogens with one attached hydrogen (secondary N) is 1. The topological polar surface area (TPSA) is 77.2 Å². The maximum atomic E-state index is 12.5. The molecule has 0 fully saturated rings. The first-order chi connectivity index (χ1) is 13.5. The van der Waals surface area contributed by atoms with Gasteiger partial charge in [-0.05, 0) is 50.5 Å². The van der Waals surface area contributed by atoms with Gasteiger partial charge >= 0.3 is 0 Å². The van der Waals surface area contributed by atoms with Crippen molar-refractivity contribution in [1.29, 1.82) is 0 Å². The summed E-state index contributed by atoms with van der Waals surface area (Å²) in [4.78, 5) is 16.9. The molecule has 3 aromatic rings. The van der Waals surface area contributed by atoms with Crippen LogP contribution in [0.25, 0.3) is 11.4 Å². The molecule has 0 spiro atoms. The number of hydrogen-bond donors (Lipinski definition) is 1. The average molecular weight is 379 g/mol. The number of carbonyl (C=O) groups excluding carboxylic acids is 1. The second-order valence-electron chi connectivity index (χ2n) is 6.88. The number of amides is 1. The lowest BCUT2D eigenvalue weighted by Gasteiger charge is -2.18. The highest BCUT2D eigenvalue weighted by Gasteiger charge is 2.20. The molecule has 0 bridgehead atoms. The normalized spacial score (nSPS) is 11.9. The monoisotopic (exact) mass is 379 g/mol. The predicted molar refractivity (Wildman–Crippen MR) is 107 cm³/mol. The van der Waals surface area contributed by atoms with Gasteiger partial charge in [0.2, 0.25) is 11.7 Å². The van der Waals surface area contributed by atoms with Crippen LogP contribution in [0.2, 0.25) is 0 Å². The van der Waals surface area contributed by atoms with E-state index in [0.717, 1.165) is 28.0 Å². The van der Waals surface area contributed by atoms with Crippen molar-refractivity contribution in [3.8, 4) is 17.1 Å². The number of aromatic nitrogens is 2. The number of carbonyl (C=O) groups is 1. The Bertz CT molecular complexity index is 965. The molecule has 0 unspecified atom stereocenters. The fraction of sp³-hybridized carbons (Fsp3) is 0.318. The predicted octanol–water partition coefficient (Wildman–Crippen LogP) is 4.14. The molecule has 0 radical (unpaired) electrons. The summed E-state index contributed by atoms with van der Waals surface area (Å²) in [5, 5.41) is 6.81. The van der Waals surface area contributed by atoms with Gasteiger partial charge in [0.05, 0.1) is 6.54 Å². The van der Waals surface area contributed by atoms with Crippen LogP contribution in [-0.2, 0) is 11.3 Å². The van der Waals surface area contributed by atoms with Crippen LogP contribution in [0, 0.1) is 20.8 Å². The van der Waals surface area contributed by atoms with Crippen molar-refractivity contribution in [2.75, 3.05) is 0 Å². The Morgan fingerprint density at radius 3 is 2.68 bits per heavy atom. The molecule has 6 nitrogen and oxygen atoms in total. The van der Waals surface area contributed by atoms with Gasteiger partial charge in [0, 0.05) is 5.56 Å². The molecule has 146 valence electrons. The van der Waals surface area contributed by atoms with E-state index < -0.39 is 6.10 Å². The van der Waals surface area contributed by atoms with Gasteiger partial charge in [0.1, 0.15) is 5.75 Å². The molecule has 6 heteroatoms. The summed E-state index contributed by atoms with van der Waals surface area (Å²) in [6.45, 7) is 8.03. The fourth-order valence-corrected chi connectivity index (χ4v) is 2.81. The SMILES string of the molecule is CC[C@@H](Oc1cc(C)ccc1C)C(=O)NCc1nc(-c2cccc(C)c2)no1. The number of hydrogen-bond acceptors (Lipinski definition) is 5. The van der Waals surface area contributed by atoms with Crippen molar-refractivity contribution in [1.82, 2.24) is 15.5 Å². The van der Waals surface area contributed by atoms with Gasteiger partial charge in [-0.15, -0.1) is 0 Å². The van der Waals surface area contributed by atoms with E-state index in [1.54, 1.807) is 0 Å². The molecule has 1 aromatic heterocycles. The van der Waals surface area contributed by atoms with Crippen LogP contribution in [-0.4, -0.2) is 22.2 Å². The first-order valence-electron chi connectivity index (χ1n) is 9.37. The Morgan fingerprint density at radius 2 is 1.93 bits per heavy atom. The number of benzene rings is 2. The summed E-state index contributed by atoms with van der Waals surface area (Å²) in [7, 11) is 0. The molecule has 1 atom stereocenters. The van der Waals surface area contributed by atoms with Gasteiger partial charge in [-0.3, -0.25) is 4.79 Å². The highest BCUT2D eigenvalue weighted by molar-refractivity contribution is 5.81. The zero-order chi connectivity index (χ0) is 20.1. The average Bonchev–Trinajstić information content (AvgIpc) is 3.16. The largest absolute Gasteiger partial charge is 0.480 e. The van der Waals surface area contributed by atoms with Crippen molar-refractivity contribution < 1.29 is 14.1 Å². The van der Waals surface area contributed by atoms with Gasteiger partial charge in [-0.25, -0.2) is 0 Å². The van der Waals surface area contributed by atoms with Crippen LogP contribution < -0.4 is 10.1 Å². The lowest BCUT2D eigenvalue weighted by atomic mass is 10.1. The van der Waals surface area contributed by atoms with Crippen LogP contribution >= 0.6 is 0 Å². The number of aryl methyl sites for hydroxylation is 3. The Labute approximate surface area is 164 Å². The summed E-state index contributed by atoms with van der Waals surface area (Å²) < 4.78 is 11.2. The van der Waals surface area contributed by atoms with E-state index in [9.17, 15) is 4.79 Å². The van der Waals surface area contributed by atoms with Crippen LogP contribution in [0.5, 0.6) is 5.75 Å². The molecule has 0 saturated carbocycles. The molecule has 0 aliphatic carbocycles. The van der Waals surface area contributed by atoms with E-state index in [0.29, 0.717) is 18.1 Å². The fourth-order valence-electron chi connectivity index (χ4n) is 2.81. The van der Waals surface area contributed by atoms with Crippen LogP contribution in [0.1, 0.15) is 35.9 Å². The van der Waals surface area contributed by atoms with Gasteiger partial charge in [0.15, 0.2) is 6.10 Å². The van der Waals surface area contributed by atoms with Crippen LogP contribution in [0.3, 0.4) is 0 Å². The van der Waals surface area contributed by atoms with Gasteiger partial charge in [-0.1, -0.05) is 48.0 Å². The maximum absolute atomic E-state index is 12.5. The number of ether oxygens (including phenoxy) is 1. The zero-order valence-electron chi connectivity index (χ0n) is 16.7. The summed E-state index contributed by atoms with van der Waals surface area (Å²) in [5.41, 5.74) is 4.08. The second-order valence-corrected chi connectivity index (χ2v) is 6.88. The molecule has 0 saturated heterocycles. The van der Waals surface area contributed by atoms with Gasteiger partial charge in [-0.2, -0.15) is 4.98 Å². The van der Waals surface area contributed by atoms with Crippen LogP contribution in [0.15, 0.2) is 47.0 Å². The van der Waals surface area contributed by atoms with Crippen molar-refractivity contribution in [2.45, 2.75) is 46.8 Å². The quantitative estimate of drug-likeness (QED) is 0.668. The van der Waals surface area contributed by atoms with Crippen molar-refractivity contribution in [2.24, 2.45) is 0 Å². The van der Waals surface area contributed by atoms with E-state index in [1.165, 1.54) is 0 Å². The summed E-state index contributed by atoms with van der Waals surface area (Å²) in [5.74, 6) is 1.37. The Morgan fingerprint density at radius 1 is 1.14 bits per heavy atom. The minimum absolute atomic E-state index is 0.157. The van der Waals surface area contributed by atoms with Gasteiger partial charge < -0.3 is 14.6 Å². The minimum atomic E-state index is -0.584. The Balaban J connectivity index is 1.62. The summed E-state index contributed by atoms with van der Waals surface area (Å²) in [6.07, 6.45) is -0.0305. The van der Waals surface area contributed by atoms with E-state index in [2.05, 4.69) is 15.5 Å². The van der Waals surface area contributed by atoms with E-state index >= 15 is 0 Å². The highest BCUT2D eigenvalue weighted by atomic mass is 16.5. The smallest absolute Gasteiger partial charge is 0.261 e. The molecular formula is C22H25N3O3. The summed E-state index contributed by atoms with van der Waals surface area (Å²) >= 11 is 0. The van der Waals surface area contributed by atoms with E-state index in [1.807, 2.05) is 70.2 Å². The molecular weight excluding hydrogens is 354 g/mol. The highest BCUT2D eigenvalue weighted by Crippen LogP contribution is 2.21. The van der Waals surface area contributed by atoms with Crippen molar-refractivity contribution in [3.05, 3.63) is 65.0 Å². The molecule has 3 rings (SSSR count). The van der Waals surface area contributed by atoms with Crippen molar-refractivity contribution >= 4 is 5.91 Å². The minimum Gasteiger partial charge on any atom is -0.480 e. The molecule has 0 aliphatic rings. The molecule has 0 aliphatic heterocycles. The first kappa shape index (κ1) is 19.6. The molecule has 2 aromatic carbocycles. The number of nitrogens with zero attached hydrogens (tertiary/aromatic N) is 2. The number of rotatable bonds is 7.